The fraction of sp³-hybridized carbons (Fsp3) is 1.00. The van der Waals surface area contributed by atoms with E-state index in [0.717, 1.165) is 30.0 Å². The molecule has 2 heteroatoms. The fourth-order valence-corrected chi connectivity index (χ4v) is 5.07. The summed E-state index contributed by atoms with van der Waals surface area (Å²) in [5, 5.41) is 3.89. The van der Waals surface area contributed by atoms with Crippen molar-refractivity contribution in [3.8, 4) is 0 Å². The lowest BCUT2D eigenvalue weighted by Crippen LogP contribution is -2.60. The highest BCUT2D eigenvalue weighted by Gasteiger charge is 2.34. The molecule has 4 unspecified atom stereocenters. The number of hydrogen-bond acceptors (Lipinski definition) is 2. The molecular weight excluding hydrogens is 256 g/mol. The van der Waals surface area contributed by atoms with E-state index < -0.39 is 0 Å². The second-order valence-electron chi connectivity index (χ2n) is 8.23. The molecule has 0 aromatic carbocycles. The summed E-state index contributed by atoms with van der Waals surface area (Å²) in [6.45, 7) is 7.44. The third-order valence-electron chi connectivity index (χ3n) is 6.56. The summed E-state index contributed by atoms with van der Waals surface area (Å²) < 4.78 is 0. The summed E-state index contributed by atoms with van der Waals surface area (Å²) in [5.74, 6) is 1.92. The van der Waals surface area contributed by atoms with Crippen LogP contribution in [0.2, 0.25) is 0 Å². The van der Waals surface area contributed by atoms with Crippen molar-refractivity contribution in [2.75, 3.05) is 13.1 Å². The molecule has 0 aromatic heterocycles. The average molecular weight is 293 g/mol. The summed E-state index contributed by atoms with van der Waals surface area (Å²) in [7, 11) is 0. The van der Waals surface area contributed by atoms with Gasteiger partial charge in [-0.3, -0.25) is 4.90 Å². The van der Waals surface area contributed by atoms with E-state index in [-0.39, 0.29) is 0 Å². The predicted molar refractivity (Wildman–Crippen MR) is 90.6 cm³/mol. The standard InChI is InChI=1S/C19H36N2/c1-15-7-6-10-18(12-11-15)21-14-19(20-13-16(21)2)17-8-4-3-5-9-17/h15-20H,3-14H2,1-2H3. The van der Waals surface area contributed by atoms with Crippen molar-refractivity contribution in [2.24, 2.45) is 11.8 Å². The van der Waals surface area contributed by atoms with E-state index in [9.17, 15) is 0 Å². The highest BCUT2D eigenvalue weighted by molar-refractivity contribution is 4.92. The third kappa shape index (κ3) is 4.01. The van der Waals surface area contributed by atoms with Gasteiger partial charge in [-0.15, -0.1) is 0 Å². The lowest BCUT2D eigenvalue weighted by Gasteiger charge is -2.46. The van der Waals surface area contributed by atoms with Crippen LogP contribution in [0, 0.1) is 11.8 Å². The Bertz CT molecular complexity index is 311. The van der Waals surface area contributed by atoms with Gasteiger partial charge >= 0.3 is 0 Å². The van der Waals surface area contributed by atoms with Gasteiger partial charge in [-0.05, 0) is 50.9 Å². The van der Waals surface area contributed by atoms with Gasteiger partial charge in [-0.2, -0.15) is 0 Å². The van der Waals surface area contributed by atoms with Crippen LogP contribution in [0.3, 0.4) is 0 Å². The first-order chi connectivity index (χ1) is 10.2. The Morgan fingerprint density at radius 3 is 2.43 bits per heavy atom. The molecule has 1 saturated heterocycles. The minimum Gasteiger partial charge on any atom is -0.311 e. The van der Waals surface area contributed by atoms with Crippen LogP contribution in [0.1, 0.15) is 78.1 Å². The van der Waals surface area contributed by atoms with E-state index in [1.165, 1.54) is 77.3 Å². The van der Waals surface area contributed by atoms with Crippen molar-refractivity contribution in [1.29, 1.82) is 0 Å². The molecule has 0 bridgehead atoms. The van der Waals surface area contributed by atoms with Crippen LogP contribution in [-0.2, 0) is 0 Å². The first-order valence-corrected chi connectivity index (χ1v) is 9.73. The lowest BCUT2D eigenvalue weighted by atomic mass is 9.82. The smallest absolute Gasteiger partial charge is 0.0224 e. The maximum Gasteiger partial charge on any atom is 0.0224 e. The Morgan fingerprint density at radius 1 is 0.810 bits per heavy atom. The Labute approximate surface area is 132 Å². The van der Waals surface area contributed by atoms with Gasteiger partial charge in [0.25, 0.3) is 0 Å². The number of nitrogens with one attached hydrogen (secondary N) is 1. The van der Waals surface area contributed by atoms with Crippen molar-refractivity contribution in [3.05, 3.63) is 0 Å². The molecular formula is C19H36N2. The zero-order valence-electron chi connectivity index (χ0n) is 14.3. The Balaban J connectivity index is 1.59. The third-order valence-corrected chi connectivity index (χ3v) is 6.56. The van der Waals surface area contributed by atoms with Gasteiger partial charge in [0.1, 0.15) is 0 Å². The van der Waals surface area contributed by atoms with Gasteiger partial charge in [-0.1, -0.05) is 39.0 Å². The second kappa shape index (κ2) is 7.46. The molecule has 2 aliphatic carbocycles. The van der Waals surface area contributed by atoms with Gasteiger partial charge in [0.15, 0.2) is 0 Å². The van der Waals surface area contributed by atoms with Crippen LogP contribution in [0.5, 0.6) is 0 Å². The molecule has 1 N–H and O–H groups in total. The number of nitrogens with zero attached hydrogens (tertiary/aromatic N) is 1. The second-order valence-corrected chi connectivity index (χ2v) is 8.23. The summed E-state index contributed by atoms with van der Waals surface area (Å²) >= 11 is 0. The zero-order chi connectivity index (χ0) is 14.7. The van der Waals surface area contributed by atoms with Gasteiger partial charge < -0.3 is 5.32 Å². The largest absolute Gasteiger partial charge is 0.311 e. The predicted octanol–water partition coefficient (Wildman–Crippen LogP) is 4.20. The van der Waals surface area contributed by atoms with Crippen molar-refractivity contribution < 1.29 is 0 Å². The van der Waals surface area contributed by atoms with Crippen LogP contribution in [0.25, 0.3) is 0 Å². The normalized spacial score (nSPS) is 40.9. The Hall–Kier alpha value is -0.0800. The molecule has 21 heavy (non-hydrogen) atoms. The van der Waals surface area contributed by atoms with Crippen molar-refractivity contribution >= 4 is 0 Å². The van der Waals surface area contributed by atoms with E-state index in [2.05, 4.69) is 24.1 Å². The van der Waals surface area contributed by atoms with E-state index in [0.29, 0.717) is 0 Å². The molecule has 0 spiro atoms. The molecule has 0 radical (unpaired) electrons. The van der Waals surface area contributed by atoms with Crippen LogP contribution in [0.15, 0.2) is 0 Å². The van der Waals surface area contributed by atoms with Gasteiger partial charge in [-0.25, -0.2) is 0 Å². The van der Waals surface area contributed by atoms with Gasteiger partial charge in [0.2, 0.25) is 0 Å². The summed E-state index contributed by atoms with van der Waals surface area (Å²) in [5.41, 5.74) is 0. The molecule has 2 nitrogen and oxygen atoms in total. The molecule has 122 valence electrons. The van der Waals surface area contributed by atoms with Crippen molar-refractivity contribution in [3.63, 3.8) is 0 Å². The minimum absolute atomic E-state index is 0.739. The Morgan fingerprint density at radius 2 is 1.62 bits per heavy atom. The summed E-state index contributed by atoms with van der Waals surface area (Å²) in [6, 6.07) is 2.39. The molecule has 3 aliphatic rings. The zero-order valence-corrected chi connectivity index (χ0v) is 14.3. The monoisotopic (exact) mass is 292 g/mol. The average Bonchev–Trinajstić information content (AvgIpc) is 2.73. The number of rotatable bonds is 2. The quantitative estimate of drug-likeness (QED) is 0.767. The SMILES string of the molecule is CC1CCCC(N2CC(C3CCCCC3)NCC2C)CC1. The Kier molecular flexibility index (Phi) is 5.61. The summed E-state index contributed by atoms with van der Waals surface area (Å²) in [4.78, 5) is 2.90. The van der Waals surface area contributed by atoms with E-state index >= 15 is 0 Å². The van der Waals surface area contributed by atoms with Crippen molar-refractivity contribution in [2.45, 2.75) is 96.2 Å². The number of piperazine rings is 1. The highest BCUT2D eigenvalue weighted by Crippen LogP contribution is 2.32. The first-order valence-electron chi connectivity index (χ1n) is 9.73. The molecule has 4 atom stereocenters. The maximum atomic E-state index is 3.89. The van der Waals surface area contributed by atoms with E-state index in [4.69, 9.17) is 0 Å². The highest BCUT2D eigenvalue weighted by atomic mass is 15.3. The van der Waals surface area contributed by atoms with Crippen molar-refractivity contribution in [1.82, 2.24) is 10.2 Å². The maximum absolute atomic E-state index is 3.89. The fourth-order valence-electron chi connectivity index (χ4n) is 5.07. The minimum atomic E-state index is 0.739. The molecule has 0 amide bonds. The molecule has 0 aromatic rings. The van der Waals surface area contributed by atoms with Gasteiger partial charge in [0, 0.05) is 31.2 Å². The first kappa shape index (κ1) is 15.8. The summed E-state index contributed by atoms with van der Waals surface area (Å²) in [6.07, 6.45) is 14.6. The molecule has 1 heterocycles. The van der Waals surface area contributed by atoms with Crippen LogP contribution in [0.4, 0.5) is 0 Å². The molecule has 3 rings (SSSR count). The number of hydrogen-bond donors (Lipinski definition) is 1. The topological polar surface area (TPSA) is 15.3 Å². The lowest BCUT2D eigenvalue weighted by molar-refractivity contribution is 0.0588. The van der Waals surface area contributed by atoms with Crippen LogP contribution >= 0.6 is 0 Å². The van der Waals surface area contributed by atoms with E-state index in [1.807, 2.05) is 0 Å². The molecule has 3 fully saturated rings. The van der Waals surface area contributed by atoms with E-state index in [1.54, 1.807) is 0 Å². The van der Waals surface area contributed by atoms with Crippen LogP contribution in [-0.4, -0.2) is 36.1 Å². The van der Waals surface area contributed by atoms with Crippen LogP contribution < -0.4 is 5.32 Å². The molecule has 1 aliphatic heterocycles. The molecule has 2 saturated carbocycles. The van der Waals surface area contributed by atoms with Gasteiger partial charge in [0.05, 0.1) is 0 Å².